The Morgan fingerprint density at radius 2 is 1.67 bits per heavy atom. The molecule has 0 bridgehead atoms. The number of aromatic hydroxyl groups is 2. The Morgan fingerprint density at radius 1 is 1.04 bits per heavy atom. The van der Waals surface area contributed by atoms with Crippen LogP contribution in [0.4, 0.5) is 0 Å². The number of benzene rings is 2. The van der Waals surface area contributed by atoms with Crippen LogP contribution in [0.25, 0.3) is 0 Å². The minimum Gasteiger partial charge on any atom is -0.507 e. The van der Waals surface area contributed by atoms with Gasteiger partial charge in [0.25, 0.3) is 0 Å². The summed E-state index contributed by atoms with van der Waals surface area (Å²) in [6.07, 6.45) is 0.872. The van der Waals surface area contributed by atoms with E-state index < -0.39 is 41.8 Å². The molecule has 0 saturated heterocycles. The van der Waals surface area contributed by atoms with Crippen molar-refractivity contribution in [2.75, 3.05) is 6.26 Å². The lowest BCUT2D eigenvalue weighted by Crippen LogP contribution is -2.07. The highest BCUT2D eigenvalue weighted by Crippen LogP contribution is 2.35. The van der Waals surface area contributed by atoms with E-state index >= 15 is 0 Å². The van der Waals surface area contributed by atoms with E-state index in [0.717, 1.165) is 18.4 Å². The quantitative estimate of drug-likeness (QED) is 0.734. The van der Waals surface area contributed by atoms with Gasteiger partial charge in [-0.25, -0.2) is 16.8 Å². The second kappa shape index (κ2) is 6.55. The van der Waals surface area contributed by atoms with E-state index in [1.165, 1.54) is 18.2 Å². The van der Waals surface area contributed by atoms with Crippen molar-refractivity contribution in [3.63, 3.8) is 0 Å². The minimum atomic E-state index is -4.06. The number of phenolic OH excluding ortho intramolecular Hbond substituents is 2. The summed E-state index contributed by atoms with van der Waals surface area (Å²) >= 11 is 8.94. The summed E-state index contributed by atoms with van der Waals surface area (Å²) in [5.41, 5.74) is -0.178. The molecule has 0 heterocycles. The first-order valence-corrected chi connectivity index (χ1v) is 11.1. The van der Waals surface area contributed by atoms with E-state index in [2.05, 4.69) is 15.9 Å². The van der Waals surface area contributed by atoms with Crippen LogP contribution in [-0.4, -0.2) is 33.3 Å². The Bertz CT molecular complexity index is 1020. The molecule has 0 unspecified atom stereocenters. The predicted octanol–water partition coefficient (Wildman–Crippen LogP) is 2.89. The maximum Gasteiger partial charge on any atom is 0.186 e. The summed E-state index contributed by atoms with van der Waals surface area (Å²) < 4.78 is 48.8. The third kappa shape index (κ3) is 4.02. The molecule has 2 aromatic carbocycles. The summed E-state index contributed by atoms with van der Waals surface area (Å²) in [5.74, 6) is -1.87. The second-order valence-electron chi connectivity index (χ2n) is 5.05. The number of hydrogen-bond donors (Lipinski definition) is 2. The molecule has 0 aromatic heterocycles. The highest BCUT2D eigenvalue weighted by molar-refractivity contribution is 9.10. The molecule has 0 radical (unpaired) electrons. The van der Waals surface area contributed by atoms with Gasteiger partial charge in [0.2, 0.25) is 0 Å². The highest BCUT2D eigenvalue weighted by atomic mass is 79.9. The van der Waals surface area contributed by atoms with Gasteiger partial charge in [-0.2, -0.15) is 0 Å². The van der Waals surface area contributed by atoms with Crippen LogP contribution < -0.4 is 0 Å². The SMILES string of the molecule is CS(=O)(=O)c1cc(Cl)cc(CS(=O)(=O)c2cc(Br)ccc2O)c1O. The monoisotopic (exact) mass is 454 g/mol. The van der Waals surface area contributed by atoms with Gasteiger partial charge in [-0.05, 0) is 30.3 Å². The topological polar surface area (TPSA) is 109 Å². The predicted molar refractivity (Wildman–Crippen MR) is 92.9 cm³/mol. The van der Waals surface area contributed by atoms with Crippen molar-refractivity contribution in [3.05, 3.63) is 45.4 Å². The number of phenols is 2. The maximum atomic E-state index is 12.5. The number of rotatable bonds is 4. The summed E-state index contributed by atoms with van der Waals surface area (Å²) in [6, 6.07) is 6.09. The van der Waals surface area contributed by atoms with Crippen LogP contribution >= 0.6 is 27.5 Å². The molecule has 2 aromatic rings. The van der Waals surface area contributed by atoms with Gasteiger partial charge in [0.05, 0.1) is 5.75 Å². The molecule has 6 nitrogen and oxygen atoms in total. The molecule has 10 heteroatoms. The number of sulfone groups is 2. The molecule has 0 fully saturated rings. The largest absolute Gasteiger partial charge is 0.507 e. The van der Waals surface area contributed by atoms with E-state index in [9.17, 15) is 27.0 Å². The molecule has 0 spiro atoms. The Hall–Kier alpha value is -1.29. The van der Waals surface area contributed by atoms with Crippen LogP contribution in [0.1, 0.15) is 5.56 Å². The van der Waals surface area contributed by atoms with Crippen LogP contribution in [0.5, 0.6) is 11.5 Å². The van der Waals surface area contributed by atoms with Gasteiger partial charge in [0.15, 0.2) is 19.7 Å². The molecule has 24 heavy (non-hydrogen) atoms. The average Bonchev–Trinajstić information content (AvgIpc) is 2.43. The van der Waals surface area contributed by atoms with Crippen LogP contribution in [0.3, 0.4) is 0 Å². The van der Waals surface area contributed by atoms with Crippen molar-refractivity contribution in [1.29, 1.82) is 0 Å². The van der Waals surface area contributed by atoms with Crippen LogP contribution in [-0.2, 0) is 25.4 Å². The van der Waals surface area contributed by atoms with E-state index in [1.807, 2.05) is 0 Å². The lowest BCUT2D eigenvalue weighted by molar-refractivity contribution is 0.451. The molecule has 2 rings (SSSR count). The fourth-order valence-corrected chi connectivity index (χ4v) is 5.16. The molecule has 2 N–H and O–H groups in total. The van der Waals surface area contributed by atoms with Crippen molar-refractivity contribution in [1.82, 2.24) is 0 Å². The molecule has 0 atom stereocenters. The molecule has 0 aliphatic carbocycles. The lowest BCUT2D eigenvalue weighted by Gasteiger charge is -2.11. The Kier molecular flexibility index (Phi) is 5.19. The normalized spacial score (nSPS) is 12.3. The first-order valence-electron chi connectivity index (χ1n) is 6.34. The van der Waals surface area contributed by atoms with Crippen molar-refractivity contribution in [2.24, 2.45) is 0 Å². The van der Waals surface area contributed by atoms with Crippen LogP contribution in [0.15, 0.2) is 44.6 Å². The zero-order valence-corrected chi connectivity index (χ0v) is 16.2. The molecular formula is C14H12BrClO6S2. The molecule has 0 saturated carbocycles. The maximum absolute atomic E-state index is 12.5. The fraction of sp³-hybridized carbons (Fsp3) is 0.143. The van der Waals surface area contributed by atoms with E-state index in [0.29, 0.717) is 4.47 Å². The zero-order valence-electron chi connectivity index (χ0n) is 12.2. The molecule has 130 valence electrons. The van der Waals surface area contributed by atoms with Gasteiger partial charge >= 0.3 is 0 Å². The Balaban J connectivity index is 2.59. The molecule has 0 aliphatic rings. The van der Waals surface area contributed by atoms with E-state index in [-0.39, 0.29) is 15.5 Å². The van der Waals surface area contributed by atoms with Crippen molar-refractivity contribution in [3.8, 4) is 11.5 Å². The van der Waals surface area contributed by atoms with E-state index in [1.54, 1.807) is 0 Å². The third-order valence-corrected chi connectivity index (χ3v) is 6.63. The van der Waals surface area contributed by atoms with Gasteiger partial charge < -0.3 is 10.2 Å². The molecule has 0 aliphatic heterocycles. The minimum absolute atomic E-state index is 0.0307. The standard InChI is InChI=1S/C14H12BrClO6S2/c1-23(19,20)13-6-10(16)4-8(14(13)18)7-24(21,22)12-5-9(15)2-3-11(12)17/h2-6,17-18H,7H2,1H3. The van der Waals surface area contributed by atoms with Gasteiger partial charge in [-0.1, -0.05) is 27.5 Å². The molecule has 0 amide bonds. The second-order valence-corrected chi connectivity index (χ2v) is 10.3. The van der Waals surface area contributed by atoms with Gasteiger partial charge in [0.1, 0.15) is 21.3 Å². The van der Waals surface area contributed by atoms with Gasteiger partial charge in [-0.15, -0.1) is 0 Å². The van der Waals surface area contributed by atoms with Crippen molar-refractivity contribution >= 4 is 47.2 Å². The molecular weight excluding hydrogens is 444 g/mol. The Morgan fingerprint density at radius 3 is 2.25 bits per heavy atom. The summed E-state index contributed by atoms with van der Waals surface area (Å²) in [7, 11) is -7.86. The first kappa shape index (κ1) is 19.0. The average molecular weight is 456 g/mol. The fourth-order valence-electron chi connectivity index (χ4n) is 2.04. The van der Waals surface area contributed by atoms with Crippen molar-refractivity contribution < 1.29 is 27.0 Å². The Labute approximate surface area is 152 Å². The van der Waals surface area contributed by atoms with E-state index in [4.69, 9.17) is 11.6 Å². The van der Waals surface area contributed by atoms with Crippen molar-refractivity contribution in [2.45, 2.75) is 15.5 Å². The third-order valence-electron chi connectivity index (χ3n) is 3.12. The number of hydrogen-bond acceptors (Lipinski definition) is 6. The lowest BCUT2D eigenvalue weighted by atomic mass is 10.2. The smallest absolute Gasteiger partial charge is 0.186 e. The zero-order chi connectivity index (χ0) is 18.3. The van der Waals surface area contributed by atoms with Crippen LogP contribution in [0.2, 0.25) is 5.02 Å². The number of halogens is 2. The van der Waals surface area contributed by atoms with Gasteiger partial charge in [0, 0.05) is 21.3 Å². The van der Waals surface area contributed by atoms with Crippen LogP contribution in [0, 0.1) is 0 Å². The van der Waals surface area contributed by atoms with Gasteiger partial charge in [-0.3, -0.25) is 0 Å². The highest BCUT2D eigenvalue weighted by Gasteiger charge is 2.25. The summed E-state index contributed by atoms with van der Waals surface area (Å²) in [5, 5.41) is 19.9. The summed E-state index contributed by atoms with van der Waals surface area (Å²) in [4.78, 5) is -0.809. The summed E-state index contributed by atoms with van der Waals surface area (Å²) in [6.45, 7) is 0. The first-order chi connectivity index (χ1) is 10.9.